The Morgan fingerprint density at radius 3 is 1.59 bits per heavy atom. The lowest BCUT2D eigenvalue weighted by Crippen LogP contribution is -1.95. The van der Waals surface area contributed by atoms with Crippen LogP contribution in [-0.2, 0) is 0 Å². The molecule has 0 aromatic heterocycles. The highest BCUT2D eigenvalue weighted by molar-refractivity contribution is 5.87. The van der Waals surface area contributed by atoms with E-state index in [-0.39, 0.29) is 5.56 Å². The van der Waals surface area contributed by atoms with Gasteiger partial charge in [-0.25, -0.2) is 9.18 Å². The van der Waals surface area contributed by atoms with Crippen molar-refractivity contribution in [3.8, 4) is 11.1 Å². The first-order valence-corrected chi connectivity index (χ1v) is 6.76. The number of carbonyl (C=O) groups is 1. The Labute approximate surface area is 128 Å². The van der Waals surface area contributed by atoms with Crippen LogP contribution in [0.1, 0.15) is 10.4 Å². The minimum Gasteiger partial charge on any atom is -0.478 e. The molecule has 0 radical (unpaired) electrons. The van der Waals surface area contributed by atoms with Crippen LogP contribution in [0.5, 0.6) is 0 Å². The van der Waals surface area contributed by atoms with Crippen molar-refractivity contribution < 1.29 is 14.3 Å². The number of hydrogen-bond donors (Lipinski definition) is 1. The number of hydrogen-bond acceptors (Lipinski definition) is 1. The van der Waals surface area contributed by atoms with Gasteiger partial charge in [0.05, 0.1) is 5.56 Å². The van der Waals surface area contributed by atoms with Crippen molar-refractivity contribution in [1.82, 2.24) is 0 Å². The van der Waals surface area contributed by atoms with E-state index < -0.39 is 11.8 Å². The van der Waals surface area contributed by atoms with E-state index in [2.05, 4.69) is 48.5 Å². The summed E-state index contributed by atoms with van der Waals surface area (Å²) in [4.78, 5) is 10.2. The molecule has 0 saturated carbocycles. The summed E-state index contributed by atoms with van der Waals surface area (Å²) in [5, 5.41) is 8.34. The molecule has 1 N–H and O–H groups in total. The maximum absolute atomic E-state index is 12.3. The molecule has 22 heavy (non-hydrogen) atoms. The first-order chi connectivity index (χ1) is 10.7. The Hall–Kier alpha value is -2.94. The SMILES string of the molecule is O=C(O)c1cccc(F)c1.c1ccc(-c2ccccc2)cc1. The highest BCUT2D eigenvalue weighted by Gasteiger charge is 2.01. The first kappa shape index (κ1) is 15.4. The third-order valence-corrected chi connectivity index (χ3v) is 2.95. The molecule has 3 heteroatoms. The Balaban J connectivity index is 0.000000164. The molecule has 0 heterocycles. The number of benzene rings is 3. The number of carboxylic acid groups (broad SMARTS) is 1. The van der Waals surface area contributed by atoms with E-state index in [1.54, 1.807) is 0 Å². The lowest BCUT2D eigenvalue weighted by atomic mass is 10.1. The average Bonchev–Trinajstić information content (AvgIpc) is 2.57. The van der Waals surface area contributed by atoms with Gasteiger partial charge in [0.25, 0.3) is 0 Å². The lowest BCUT2D eigenvalue weighted by molar-refractivity contribution is 0.0696. The Kier molecular flexibility index (Phi) is 5.44. The van der Waals surface area contributed by atoms with E-state index in [0.29, 0.717) is 0 Å². The van der Waals surface area contributed by atoms with Crippen LogP contribution in [0.15, 0.2) is 84.9 Å². The zero-order chi connectivity index (χ0) is 15.8. The molecule has 0 spiro atoms. The molecule has 0 aliphatic carbocycles. The molecule has 0 fully saturated rings. The molecule has 110 valence electrons. The van der Waals surface area contributed by atoms with Crippen LogP contribution in [0.2, 0.25) is 0 Å². The van der Waals surface area contributed by atoms with Crippen LogP contribution >= 0.6 is 0 Å². The van der Waals surface area contributed by atoms with Gasteiger partial charge in [-0.15, -0.1) is 0 Å². The van der Waals surface area contributed by atoms with E-state index in [1.165, 1.54) is 29.3 Å². The van der Waals surface area contributed by atoms with E-state index >= 15 is 0 Å². The van der Waals surface area contributed by atoms with Crippen molar-refractivity contribution in [2.75, 3.05) is 0 Å². The summed E-state index contributed by atoms with van der Waals surface area (Å²) >= 11 is 0. The Morgan fingerprint density at radius 2 is 1.23 bits per heavy atom. The van der Waals surface area contributed by atoms with Crippen LogP contribution in [0.25, 0.3) is 11.1 Å². The van der Waals surface area contributed by atoms with Crippen molar-refractivity contribution >= 4 is 5.97 Å². The third-order valence-electron chi connectivity index (χ3n) is 2.95. The molecule has 3 aromatic carbocycles. The van der Waals surface area contributed by atoms with Crippen LogP contribution in [-0.4, -0.2) is 11.1 Å². The molecule has 3 aromatic rings. The van der Waals surface area contributed by atoms with E-state index in [4.69, 9.17) is 5.11 Å². The van der Waals surface area contributed by atoms with Gasteiger partial charge in [0, 0.05) is 0 Å². The highest BCUT2D eigenvalue weighted by atomic mass is 19.1. The number of carboxylic acids is 1. The fraction of sp³-hybridized carbons (Fsp3) is 0. The minimum absolute atomic E-state index is 0.0278. The molecule has 0 unspecified atom stereocenters. The predicted molar refractivity (Wildman–Crippen MR) is 85.2 cm³/mol. The molecule has 0 aliphatic rings. The quantitative estimate of drug-likeness (QED) is 0.731. The van der Waals surface area contributed by atoms with Crippen LogP contribution in [0.3, 0.4) is 0 Å². The summed E-state index contributed by atoms with van der Waals surface area (Å²) in [6.45, 7) is 0. The van der Waals surface area contributed by atoms with Crippen molar-refractivity contribution in [3.63, 3.8) is 0 Å². The van der Waals surface area contributed by atoms with Crippen molar-refractivity contribution in [2.24, 2.45) is 0 Å². The minimum atomic E-state index is -1.11. The summed E-state index contributed by atoms with van der Waals surface area (Å²) in [6.07, 6.45) is 0. The van der Waals surface area contributed by atoms with Gasteiger partial charge >= 0.3 is 5.97 Å². The van der Waals surface area contributed by atoms with Crippen molar-refractivity contribution in [2.45, 2.75) is 0 Å². The number of halogens is 1. The summed E-state index contributed by atoms with van der Waals surface area (Å²) in [5.74, 6) is -1.64. The first-order valence-electron chi connectivity index (χ1n) is 6.76. The average molecular weight is 294 g/mol. The standard InChI is InChI=1S/C12H10.C7H5FO2/c1-3-7-11(8-4-1)12-9-5-2-6-10-12;8-6-3-1-2-5(4-6)7(9)10/h1-10H;1-4H,(H,9,10). The van der Waals surface area contributed by atoms with Crippen LogP contribution < -0.4 is 0 Å². The fourth-order valence-corrected chi connectivity index (χ4v) is 1.88. The van der Waals surface area contributed by atoms with Gasteiger partial charge in [-0.1, -0.05) is 66.7 Å². The van der Waals surface area contributed by atoms with E-state index in [1.807, 2.05) is 12.1 Å². The molecule has 0 aliphatic heterocycles. The summed E-state index contributed by atoms with van der Waals surface area (Å²) in [7, 11) is 0. The zero-order valence-corrected chi connectivity index (χ0v) is 11.8. The molecular formula is C19H15FO2. The second-order valence-electron chi connectivity index (χ2n) is 4.55. The van der Waals surface area contributed by atoms with Gasteiger partial charge < -0.3 is 5.11 Å². The monoisotopic (exact) mass is 294 g/mol. The van der Waals surface area contributed by atoms with Gasteiger partial charge in [-0.3, -0.25) is 0 Å². The fourth-order valence-electron chi connectivity index (χ4n) is 1.88. The van der Waals surface area contributed by atoms with Crippen LogP contribution in [0, 0.1) is 5.82 Å². The maximum atomic E-state index is 12.3. The van der Waals surface area contributed by atoms with Crippen LogP contribution in [0.4, 0.5) is 4.39 Å². The lowest BCUT2D eigenvalue weighted by Gasteiger charge is -1.98. The second kappa shape index (κ2) is 7.74. The van der Waals surface area contributed by atoms with Crippen molar-refractivity contribution in [3.05, 3.63) is 96.3 Å². The van der Waals surface area contributed by atoms with Gasteiger partial charge in [0.1, 0.15) is 5.82 Å². The number of aromatic carboxylic acids is 1. The van der Waals surface area contributed by atoms with Gasteiger partial charge in [0.2, 0.25) is 0 Å². The molecule has 2 nitrogen and oxygen atoms in total. The molecule has 0 amide bonds. The Bertz CT molecular complexity index is 687. The van der Waals surface area contributed by atoms with Gasteiger partial charge in [0.15, 0.2) is 0 Å². The Morgan fingerprint density at radius 1 is 0.727 bits per heavy atom. The van der Waals surface area contributed by atoms with Gasteiger partial charge in [-0.2, -0.15) is 0 Å². The molecular weight excluding hydrogens is 279 g/mol. The van der Waals surface area contributed by atoms with E-state index in [9.17, 15) is 9.18 Å². The predicted octanol–water partition coefficient (Wildman–Crippen LogP) is 4.88. The second-order valence-corrected chi connectivity index (χ2v) is 4.55. The molecule has 3 rings (SSSR count). The molecule has 0 bridgehead atoms. The zero-order valence-electron chi connectivity index (χ0n) is 11.8. The summed E-state index contributed by atoms with van der Waals surface area (Å²) in [6, 6.07) is 25.7. The topological polar surface area (TPSA) is 37.3 Å². The molecule has 0 atom stereocenters. The largest absolute Gasteiger partial charge is 0.478 e. The smallest absolute Gasteiger partial charge is 0.335 e. The van der Waals surface area contributed by atoms with E-state index in [0.717, 1.165) is 6.07 Å². The highest BCUT2D eigenvalue weighted by Crippen LogP contribution is 2.17. The molecule has 0 saturated heterocycles. The normalized spacial score (nSPS) is 9.50. The summed E-state index contributed by atoms with van der Waals surface area (Å²) < 4.78 is 12.3. The number of rotatable bonds is 2. The van der Waals surface area contributed by atoms with Crippen molar-refractivity contribution in [1.29, 1.82) is 0 Å². The van der Waals surface area contributed by atoms with Gasteiger partial charge in [-0.05, 0) is 29.3 Å². The maximum Gasteiger partial charge on any atom is 0.335 e. The third kappa shape index (κ3) is 4.56. The summed E-state index contributed by atoms with van der Waals surface area (Å²) in [5.41, 5.74) is 2.52.